The quantitative estimate of drug-likeness (QED) is 0.780. The number of hydrogen-bond donors (Lipinski definition) is 1. The standard InChI is InChI=1S/C12H14ClNO/c1-7(2)14-11-6-9(15)4-5-10(11)8(3)12(14)13/h4-7,15H,1-3H3. The number of phenols is 1. The van der Waals surface area contributed by atoms with Gasteiger partial charge in [-0.15, -0.1) is 0 Å². The average Bonchev–Trinajstić information content (AvgIpc) is 2.39. The monoisotopic (exact) mass is 223 g/mol. The summed E-state index contributed by atoms with van der Waals surface area (Å²) in [4.78, 5) is 0. The van der Waals surface area contributed by atoms with Gasteiger partial charge < -0.3 is 9.67 Å². The Kier molecular flexibility index (Phi) is 2.39. The molecule has 1 aromatic carbocycles. The van der Waals surface area contributed by atoms with Crippen LogP contribution in [0.15, 0.2) is 18.2 Å². The second-order valence-corrected chi connectivity index (χ2v) is 4.44. The van der Waals surface area contributed by atoms with Crippen molar-refractivity contribution in [1.82, 2.24) is 4.57 Å². The summed E-state index contributed by atoms with van der Waals surface area (Å²) in [5.74, 6) is 0.276. The molecule has 2 rings (SSSR count). The molecule has 0 radical (unpaired) electrons. The van der Waals surface area contributed by atoms with Gasteiger partial charge in [-0.05, 0) is 38.5 Å². The molecule has 0 amide bonds. The van der Waals surface area contributed by atoms with Gasteiger partial charge in [-0.3, -0.25) is 0 Å². The lowest BCUT2D eigenvalue weighted by Crippen LogP contribution is -1.99. The predicted octanol–water partition coefficient (Wildman–Crippen LogP) is 3.89. The highest BCUT2D eigenvalue weighted by atomic mass is 35.5. The Balaban J connectivity index is 2.88. The third kappa shape index (κ3) is 1.49. The van der Waals surface area contributed by atoms with Crippen LogP contribution in [0.4, 0.5) is 0 Å². The van der Waals surface area contributed by atoms with Gasteiger partial charge in [-0.2, -0.15) is 0 Å². The normalized spacial score (nSPS) is 11.5. The topological polar surface area (TPSA) is 25.2 Å². The maximum Gasteiger partial charge on any atom is 0.117 e. The Hall–Kier alpha value is -1.15. The number of benzene rings is 1. The van der Waals surface area contributed by atoms with Crippen molar-refractivity contribution in [1.29, 1.82) is 0 Å². The van der Waals surface area contributed by atoms with E-state index in [0.29, 0.717) is 0 Å². The van der Waals surface area contributed by atoms with Crippen LogP contribution in [0.3, 0.4) is 0 Å². The van der Waals surface area contributed by atoms with Crippen LogP contribution in [-0.4, -0.2) is 9.67 Å². The zero-order valence-corrected chi connectivity index (χ0v) is 9.84. The van der Waals surface area contributed by atoms with Gasteiger partial charge in [0.25, 0.3) is 0 Å². The van der Waals surface area contributed by atoms with Crippen molar-refractivity contribution in [2.24, 2.45) is 0 Å². The molecular formula is C12H14ClNO. The Morgan fingerprint density at radius 3 is 2.60 bits per heavy atom. The van der Waals surface area contributed by atoms with Gasteiger partial charge in [0.15, 0.2) is 0 Å². The fourth-order valence-corrected chi connectivity index (χ4v) is 2.33. The first kappa shape index (κ1) is 10.4. The third-order valence-electron chi connectivity index (χ3n) is 2.68. The van der Waals surface area contributed by atoms with Crippen LogP contribution in [0, 0.1) is 6.92 Å². The van der Waals surface area contributed by atoms with Crippen LogP contribution in [0.1, 0.15) is 25.5 Å². The SMILES string of the molecule is Cc1c(Cl)n(C(C)C)c2cc(O)ccc12. The molecule has 15 heavy (non-hydrogen) atoms. The molecule has 0 spiro atoms. The lowest BCUT2D eigenvalue weighted by molar-refractivity contribution is 0.475. The molecule has 0 saturated carbocycles. The van der Waals surface area contributed by atoms with E-state index in [4.69, 9.17) is 11.6 Å². The number of rotatable bonds is 1. The second-order valence-electron chi connectivity index (χ2n) is 4.08. The molecule has 0 saturated heterocycles. The van der Waals surface area contributed by atoms with E-state index in [-0.39, 0.29) is 11.8 Å². The van der Waals surface area contributed by atoms with E-state index in [9.17, 15) is 5.11 Å². The van der Waals surface area contributed by atoms with E-state index in [0.717, 1.165) is 21.6 Å². The fourth-order valence-electron chi connectivity index (χ4n) is 1.94. The van der Waals surface area contributed by atoms with Gasteiger partial charge >= 0.3 is 0 Å². The van der Waals surface area contributed by atoms with E-state index >= 15 is 0 Å². The molecule has 0 atom stereocenters. The van der Waals surface area contributed by atoms with E-state index in [1.807, 2.05) is 17.6 Å². The molecule has 3 heteroatoms. The largest absolute Gasteiger partial charge is 0.508 e. The van der Waals surface area contributed by atoms with E-state index in [1.165, 1.54) is 0 Å². The minimum atomic E-state index is 0.276. The van der Waals surface area contributed by atoms with E-state index < -0.39 is 0 Å². The summed E-state index contributed by atoms with van der Waals surface area (Å²) in [6.07, 6.45) is 0. The minimum absolute atomic E-state index is 0.276. The van der Waals surface area contributed by atoms with Crippen LogP contribution in [0.2, 0.25) is 5.15 Å². The highest BCUT2D eigenvalue weighted by molar-refractivity contribution is 6.32. The molecule has 1 aromatic heterocycles. The van der Waals surface area contributed by atoms with Gasteiger partial charge in [-0.1, -0.05) is 11.6 Å². The Morgan fingerprint density at radius 2 is 2.00 bits per heavy atom. The number of aryl methyl sites for hydroxylation is 1. The molecule has 2 aromatic rings. The summed E-state index contributed by atoms with van der Waals surface area (Å²) in [5, 5.41) is 11.3. The number of halogens is 1. The van der Waals surface area contributed by atoms with Crippen LogP contribution < -0.4 is 0 Å². The van der Waals surface area contributed by atoms with Gasteiger partial charge in [0.2, 0.25) is 0 Å². The molecule has 0 aliphatic heterocycles. The van der Waals surface area contributed by atoms with E-state index in [2.05, 4.69) is 13.8 Å². The van der Waals surface area contributed by atoms with Crippen LogP contribution in [0.25, 0.3) is 10.9 Å². The molecule has 0 fully saturated rings. The summed E-state index contributed by atoms with van der Waals surface area (Å²) in [6, 6.07) is 5.64. The van der Waals surface area contributed by atoms with Crippen LogP contribution in [0.5, 0.6) is 5.75 Å². The highest BCUT2D eigenvalue weighted by Gasteiger charge is 2.14. The molecule has 0 unspecified atom stereocenters. The van der Waals surface area contributed by atoms with Gasteiger partial charge in [0.05, 0.1) is 5.52 Å². The zero-order chi connectivity index (χ0) is 11.2. The Labute approximate surface area is 94.1 Å². The summed E-state index contributed by atoms with van der Waals surface area (Å²) in [5.41, 5.74) is 2.06. The molecular weight excluding hydrogens is 210 g/mol. The van der Waals surface area contributed by atoms with Crippen molar-refractivity contribution in [2.75, 3.05) is 0 Å². The number of nitrogens with zero attached hydrogens (tertiary/aromatic N) is 1. The predicted molar refractivity (Wildman–Crippen MR) is 63.7 cm³/mol. The number of hydrogen-bond acceptors (Lipinski definition) is 1. The maximum absolute atomic E-state index is 9.48. The molecule has 0 bridgehead atoms. The van der Waals surface area contributed by atoms with Gasteiger partial charge in [0.1, 0.15) is 10.9 Å². The minimum Gasteiger partial charge on any atom is -0.508 e. The van der Waals surface area contributed by atoms with Crippen LogP contribution >= 0.6 is 11.6 Å². The first-order chi connectivity index (χ1) is 7.02. The third-order valence-corrected chi connectivity index (χ3v) is 3.15. The van der Waals surface area contributed by atoms with Crippen molar-refractivity contribution >= 4 is 22.5 Å². The second kappa shape index (κ2) is 3.46. The smallest absolute Gasteiger partial charge is 0.117 e. The van der Waals surface area contributed by atoms with E-state index in [1.54, 1.807) is 12.1 Å². The van der Waals surface area contributed by atoms with Crippen molar-refractivity contribution in [3.8, 4) is 5.75 Å². The first-order valence-corrected chi connectivity index (χ1v) is 5.39. The summed E-state index contributed by atoms with van der Waals surface area (Å²) >= 11 is 6.27. The van der Waals surface area contributed by atoms with Crippen LogP contribution in [-0.2, 0) is 0 Å². The molecule has 2 nitrogen and oxygen atoms in total. The molecule has 1 N–H and O–H groups in total. The number of aromatic nitrogens is 1. The molecule has 0 aliphatic carbocycles. The number of aromatic hydroxyl groups is 1. The molecule has 0 aliphatic rings. The Morgan fingerprint density at radius 1 is 1.33 bits per heavy atom. The molecule has 80 valence electrons. The summed E-state index contributed by atoms with van der Waals surface area (Å²) in [6.45, 7) is 6.16. The number of fused-ring (bicyclic) bond motifs is 1. The highest BCUT2D eigenvalue weighted by Crippen LogP contribution is 2.33. The Bertz CT molecular complexity index is 514. The zero-order valence-electron chi connectivity index (χ0n) is 9.08. The van der Waals surface area contributed by atoms with Crippen molar-refractivity contribution < 1.29 is 5.11 Å². The fraction of sp³-hybridized carbons (Fsp3) is 0.333. The van der Waals surface area contributed by atoms with Crippen molar-refractivity contribution in [3.63, 3.8) is 0 Å². The number of phenolic OH excluding ortho intramolecular Hbond substituents is 1. The van der Waals surface area contributed by atoms with Gasteiger partial charge in [0, 0.05) is 17.5 Å². The first-order valence-electron chi connectivity index (χ1n) is 5.01. The van der Waals surface area contributed by atoms with Crippen molar-refractivity contribution in [3.05, 3.63) is 28.9 Å². The maximum atomic E-state index is 9.48. The summed E-state index contributed by atoms with van der Waals surface area (Å²) < 4.78 is 2.03. The lowest BCUT2D eigenvalue weighted by Gasteiger charge is -2.11. The van der Waals surface area contributed by atoms with Crippen molar-refractivity contribution in [2.45, 2.75) is 26.8 Å². The lowest BCUT2D eigenvalue weighted by atomic mass is 10.2. The average molecular weight is 224 g/mol. The molecule has 1 heterocycles. The van der Waals surface area contributed by atoms with Gasteiger partial charge in [-0.25, -0.2) is 0 Å². The summed E-state index contributed by atoms with van der Waals surface area (Å²) in [7, 11) is 0.